The summed E-state index contributed by atoms with van der Waals surface area (Å²) in [5.41, 5.74) is 6.50. The topological polar surface area (TPSA) is 89.6 Å². The van der Waals surface area contributed by atoms with E-state index in [-0.39, 0.29) is 11.3 Å². The average Bonchev–Trinajstić information content (AvgIpc) is 2.39. The molecule has 2 aromatic rings. The SMILES string of the molecule is Nc1cccc(C(=O)Oc2ccc(C(=O)O)cc2)c1. The van der Waals surface area contributed by atoms with Crippen LogP contribution in [0.25, 0.3) is 0 Å². The Labute approximate surface area is 109 Å². The van der Waals surface area contributed by atoms with Crippen LogP contribution in [0.15, 0.2) is 48.5 Å². The van der Waals surface area contributed by atoms with E-state index in [4.69, 9.17) is 15.6 Å². The van der Waals surface area contributed by atoms with Crippen molar-refractivity contribution in [3.8, 4) is 5.75 Å². The van der Waals surface area contributed by atoms with Gasteiger partial charge in [0.2, 0.25) is 0 Å². The van der Waals surface area contributed by atoms with Crippen molar-refractivity contribution in [3.05, 3.63) is 59.7 Å². The summed E-state index contributed by atoms with van der Waals surface area (Å²) in [5.74, 6) is -1.30. The molecule has 2 rings (SSSR count). The molecule has 96 valence electrons. The average molecular weight is 257 g/mol. The Morgan fingerprint density at radius 1 is 1.00 bits per heavy atom. The van der Waals surface area contributed by atoms with Gasteiger partial charge in [-0.15, -0.1) is 0 Å². The summed E-state index contributed by atoms with van der Waals surface area (Å²) in [5, 5.41) is 8.74. The number of carboxylic acid groups (broad SMARTS) is 1. The fraction of sp³-hybridized carbons (Fsp3) is 0. The maximum atomic E-state index is 11.8. The molecule has 3 N–H and O–H groups in total. The largest absolute Gasteiger partial charge is 0.478 e. The molecule has 0 aliphatic heterocycles. The number of nitrogens with two attached hydrogens (primary N) is 1. The van der Waals surface area contributed by atoms with Gasteiger partial charge in [0.15, 0.2) is 0 Å². The zero-order chi connectivity index (χ0) is 13.8. The lowest BCUT2D eigenvalue weighted by atomic mass is 10.2. The van der Waals surface area contributed by atoms with Crippen LogP contribution in [0.1, 0.15) is 20.7 Å². The fourth-order valence-corrected chi connectivity index (χ4v) is 1.50. The van der Waals surface area contributed by atoms with Crippen molar-refractivity contribution in [2.75, 3.05) is 5.73 Å². The predicted octanol–water partition coefficient (Wildman–Crippen LogP) is 2.19. The molecular weight excluding hydrogens is 246 g/mol. The summed E-state index contributed by atoms with van der Waals surface area (Å²) in [6, 6.07) is 12.0. The van der Waals surface area contributed by atoms with Gasteiger partial charge in [0.25, 0.3) is 0 Å². The van der Waals surface area contributed by atoms with Crippen LogP contribution in [0, 0.1) is 0 Å². The Morgan fingerprint density at radius 3 is 2.26 bits per heavy atom. The van der Waals surface area contributed by atoms with E-state index in [1.54, 1.807) is 18.2 Å². The van der Waals surface area contributed by atoms with E-state index >= 15 is 0 Å². The maximum absolute atomic E-state index is 11.8. The van der Waals surface area contributed by atoms with E-state index in [0.717, 1.165) is 0 Å². The highest BCUT2D eigenvalue weighted by molar-refractivity contribution is 5.92. The zero-order valence-corrected chi connectivity index (χ0v) is 9.87. The molecule has 5 nitrogen and oxygen atoms in total. The summed E-state index contributed by atoms with van der Waals surface area (Å²) in [6.07, 6.45) is 0. The van der Waals surface area contributed by atoms with E-state index in [0.29, 0.717) is 11.3 Å². The van der Waals surface area contributed by atoms with Crippen molar-refractivity contribution in [1.29, 1.82) is 0 Å². The van der Waals surface area contributed by atoms with E-state index < -0.39 is 11.9 Å². The molecule has 0 bridgehead atoms. The molecule has 0 saturated carbocycles. The first kappa shape index (κ1) is 12.6. The van der Waals surface area contributed by atoms with Crippen LogP contribution in [-0.4, -0.2) is 17.0 Å². The van der Waals surface area contributed by atoms with Gasteiger partial charge in [-0.05, 0) is 42.5 Å². The van der Waals surface area contributed by atoms with Crippen LogP contribution in [-0.2, 0) is 0 Å². The summed E-state index contributed by atoms with van der Waals surface area (Å²) in [4.78, 5) is 22.5. The maximum Gasteiger partial charge on any atom is 0.343 e. The number of hydrogen-bond acceptors (Lipinski definition) is 4. The molecule has 0 aliphatic rings. The minimum atomic E-state index is -1.03. The van der Waals surface area contributed by atoms with Crippen LogP contribution >= 0.6 is 0 Å². The van der Waals surface area contributed by atoms with Crippen molar-refractivity contribution < 1.29 is 19.4 Å². The number of benzene rings is 2. The molecule has 0 atom stereocenters. The molecule has 0 unspecified atom stereocenters. The first-order valence-corrected chi connectivity index (χ1v) is 5.47. The molecule has 5 heteroatoms. The van der Waals surface area contributed by atoms with Crippen LogP contribution in [0.5, 0.6) is 5.75 Å². The number of anilines is 1. The Hall–Kier alpha value is -2.82. The smallest absolute Gasteiger partial charge is 0.343 e. The molecule has 19 heavy (non-hydrogen) atoms. The molecule has 0 aromatic heterocycles. The second-order valence-electron chi connectivity index (χ2n) is 3.84. The molecular formula is C14H11NO4. The molecule has 0 spiro atoms. The van der Waals surface area contributed by atoms with Gasteiger partial charge in [0.05, 0.1) is 11.1 Å². The molecule has 0 radical (unpaired) electrons. The van der Waals surface area contributed by atoms with Crippen molar-refractivity contribution >= 4 is 17.6 Å². The zero-order valence-electron chi connectivity index (χ0n) is 9.87. The number of esters is 1. The summed E-state index contributed by atoms with van der Waals surface area (Å²) >= 11 is 0. The second kappa shape index (κ2) is 5.22. The standard InChI is InChI=1S/C14H11NO4/c15-11-3-1-2-10(8-11)14(18)19-12-6-4-9(5-7-12)13(16)17/h1-8H,15H2,(H,16,17). The Bertz CT molecular complexity index is 620. The number of rotatable bonds is 3. The van der Waals surface area contributed by atoms with Crippen LogP contribution in [0.2, 0.25) is 0 Å². The molecule has 0 fully saturated rings. The highest BCUT2D eigenvalue weighted by Crippen LogP contribution is 2.15. The van der Waals surface area contributed by atoms with E-state index in [1.807, 2.05) is 0 Å². The van der Waals surface area contributed by atoms with E-state index in [9.17, 15) is 9.59 Å². The third-order valence-corrected chi connectivity index (χ3v) is 2.43. The number of nitrogen functional groups attached to an aromatic ring is 1. The van der Waals surface area contributed by atoms with Gasteiger partial charge >= 0.3 is 11.9 Å². The van der Waals surface area contributed by atoms with Crippen LogP contribution < -0.4 is 10.5 Å². The van der Waals surface area contributed by atoms with E-state index in [2.05, 4.69) is 0 Å². The third-order valence-electron chi connectivity index (χ3n) is 2.43. The molecule has 0 aliphatic carbocycles. The van der Waals surface area contributed by atoms with Gasteiger partial charge in [-0.25, -0.2) is 9.59 Å². The third kappa shape index (κ3) is 3.10. The Morgan fingerprint density at radius 2 is 1.68 bits per heavy atom. The lowest BCUT2D eigenvalue weighted by Gasteiger charge is -2.05. The molecule has 0 heterocycles. The number of ether oxygens (including phenoxy) is 1. The molecule has 0 amide bonds. The highest BCUT2D eigenvalue weighted by atomic mass is 16.5. The highest BCUT2D eigenvalue weighted by Gasteiger charge is 2.09. The van der Waals surface area contributed by atoms with Gasteiger partial charge in [-0.2, -0.15) is 0 Å². The van der Waals surface area contributed by atoms with Gasteiger partial charge < -0.3 is 15.6 Å². The number of carbonyl (C=O) groups excluding carboxylic acids is 1. The van der Waals surface area contributed by atoms with Crippen molar-refractivity contribution in [2.24, 2.45) is 0 Å². The molecule has 2 aromatic carbocycles. The summed E-state index contributed by atoms with van der Waals surface area (Å²) in [7, 11) is 0. The quantitative estimate of drug-likeness (QED) is 0.499. The fourth-order valence-electron chi connectivity index (χ4n) is 1.50. The summed E-state index contributed by atoms with van der Waals surface area (Å²) in [6.45, 7) is 0. The van der Waals surface area contributed by atoms with Crippen LogP contribution in [0.3, 0.4) is 0 Å². The molecule has 0 saturated heterocycles. The van der Waals surface area contributed by atoms with E-state index in [1.165, 1.54) is 30.3 Å². The van der Waals surface area contributed by atoms with Crippen LogP contribution in [0.4, 0.5) is 5.69 Å². The first-order valence-electron chi connectivity index (χ1n) is 5.47. The number of carbonyl (C=O) groups is 2. The van der Waals surface area contributed by atoms with Gasteiger partial charge in [-0.1, -0.05) is 6.07 Å². The lowest BCUT2D eigenvalue weighted by molar-refractivity contribution is 0.0696. The minimum absolute atomic E-state index is 0.128. The lowest BCUT2D eigenvalue weighted by Crippen LogP contribution is -2.09. The second-order valence-corrected chi connectivity index (χ2v) is 3.84. The van der Waals surface area contributed by atoms with Gasteiger partial charge in [0.1, 0.15) is 5.75 Å². The first-order chi connectivity index (χ1) is 9.06. The predicted molar refractivity (Wildman–Crippen MR) is 69.2 cm³/mol. The van der Waals surface area contributed by atoms with Crippen molar-refractivity contribution in [1.82, 2.24) is 0 Å². The Balaban J connectivity index is 2.13. The van der Waals surface area contributed by atoms with Gasteiger partial charge in [0, 0.05) is 5.69 Å². The minimum Gasteiger partial charge on any atom is -0.478 e. The van der Waals surface area contributed by atoms with Gasteiger partial charge in [-0.3, -0.25) is 0 Å². The monoisotopic (exact) mass is 257 g/mol. The number of hydrogen-bond donors (Lipinski definition) is 2. The Kier molecular flexibility index (Phi) is 3.47. The number of aromatic carboxylic acids is 1. The normalized spacial score (nSPS) is 9.89. The number of carboxylic acids is 1. The van der Waals surface area contributed by atoms with Crippen molar-refractivity contribution in [2.45, 2.75) is 0 Å². The van der Waals surface area contributed by atoms with Crippen molar-refractivity contribution in [3.63, 3.8) is 0 Å². The summed E-state index contributed by atoms with van der Waals surface area (Å²) < 4.78 is 5.10.